The van der Waals surface area contributed by atoms with E-state index in [1.54, 1.807) is 18.3 Å². The fourth-order valence-corrected chi connectivity index (χ4v) is 4.12. The van der Waals surface area contributed by atoms with Gasteiger partial charge >= 0.3 is 0 Å². The van der Waals surface area contributed by atoms with Gasteiger partial charge in [0.1, 0.15) is 0 Å². The molecular weight excluding hydrogens is 334 g/mol. The van der Waals surface area contributed by atoms with Crippen LogP contribution in [0.1, 0.15) is 24.2 Å². The zero-order valence-corrected chi connectivity index (χ0v) is 15.8. The van der Waals surface area contributed by atoms with Gasteiger partial charge in [0, 0.05) is 63.1 Å². The SMILES string of the molecule is COc1cc(C(=O)N2C[C@@H](CN3C[C@@H](C)O[C@@H](C)C3)[C@@H](CO)C2)ccn1. The highest BCUT2D eigenvalue weighted by molar-refractivity contribution is 5.94. The normalized spacial score (nSPS) is 29.8. The molecule has 26 heavy (non-hydrogen) atoms. The highest BCUT2D eigenvalue weighted by Crippen LogP contribution is 2.27. The Kier molecular flexibility index (Phi) is 6.11. The average Bonchev–Trinajstić information content (AvgIpc) is 3.03. The van der Waals surface area contributed by atoms with Crippen LogP contribution in [-0.2, 0) is 4.74 Å². The Balaban J connectivity index is 1.65. The molecule has 144 valence electrons. The Morgan fingerprint density at radius 1 is 1.27 bits per heavy atom. The first-order valence-corrected chi connectivity index (χ1v) is 9.28. The van der Waals surface area contributed by atoms with E-state index in [0.717, 1.165) is 19.6 Å². The van der Waals surface area contributed by atoms with Crippen LogP contribution < -0.4 is 4.74 Å². The molecule has 0 aromatic carbocycles. The summed E-state index contributed by atoms with van der Waals surface area (Å²) in [4.78, 5) is 21.1. The van der Waals surface area contributed by atoms with E-state index in [9.17, 15) is 9.90 Å². The molecule has 0 bridgehead atoms. The number of pyridine rings is 1. The quantitative estimate of drug-likeness (QED) is 0.837. The van der Waals surface area contributed by atoms with E-state index in [0.29, 0.717) is 24.5 Å². The van der Waals surface area contributed by atoms with Crippen molar-refractivity contribution < 1.29 is 19.4 Å². The molecule has 0 aliphatic carbocycles. The predicted octanol–water partition coefficient (Wildman–Crippen LogP) is 0.880. The van der Waals surface area contributed by atoms with Crippen LogP contribution in [0.25, 0.3) is 0 Å². The summed E-state index contributed by atoms with van der Waals surface area (Å²) >= 11 is 0. The summed E-state index contributed by atoms with van der Waals surface area (Å²) in [6, 6.07) is 3.37. The van der Waals surface area contributed by atoms with Gasteiger partial charge in [-0.3, -0.25) is 9.69 Å². The molecule has 2 fully saturated rings. The molecule has 0 unspecified atom stereocenters. The molecular formula is C19H29N3O4. The van der Waals surface area contributed by atoms with Crippen LogP contribution in [0, 0.1) is 11.8 Å². The molecule has 3 rings (SSSR count). The maximum absolute atomic E-state index is 12.8. The Bertz CT molecular complexity index is 617. The standard InChI is InChI=1S/C19H29N3O4/c1-13-7-21(8-14(2)26-13)9-16-10-22(11-17(16)12-23)19(24)15-4-5-20-18(6-15)25-3/h4-6,13-14,16-17,23H,7-12H2,1-3H3/t13-,14+,16-,17-/m1/s1. The van der Waals surface area contributed by atoms with Gasteiger partial charge in [0.15, 0.2) is 0 Å². The minimum Gasteiger partial charge on any atom is -0.481 e. The Hall–Kier alpha value is -1.70. The molecule has 3 heterocycles. The predicted molar refractivity (Wildman–Crippen MR) is 97.2 cm³/mol. The van der Waals surface area contributed by atoms with Crippen LogP contribution >= 0.6 is 0 Å². The lowest BCUT2D eigenvalue weighted by atomic mass is 9.96. The van der Waals surface area contributed by atoms with Crippen LogP contribution in [0.3, 0.4) is 0 Å². The molecule has 1 amide bonds. The minimum atomic E-state index is -0.0321. The molecule has 2 aliphatic heterocycles. The molecule has 1 aromatic rings. The Morgan fingerprint density at radius 2 is 1.96 bits per heavy atom. The van der Waals surface area contributed by atoms with Gasteiger partial charge in [-0.15, -0.1) is 0 Å². The maximum Gasteiger partial charge on any atom is 0.254 e. The van der Waals surface area contributed by atoms with E-state index in [-0.39, 0.29) is 36.6 Å². The minimum absolute atomic E-state index is 0.0321. The van der Waals surface area contributed by atoms with Crippen molar-refractivity contribution in [3.05, 3.63) is 23.9 Å². The molecule has 4 atom stereocenters. The van der Waals surface area contributed by atoms with Gasteiger partial charge in [0.25, 0.3) is 5.91 Å². The van der Waals surface area contributed by atoms with Crippen molar-refractivity contribution in [2.24, 2.45) is 11.8 Å². The number of aliphatic hydroxyl groups excluding tert-OH is 1. The summed E-state index contributed by atoms with van der Waals surface area (Å²) in [6.07, 6.45) is 2.02. The number of aliphatic hydroxyl groups is 1. The molecule has 0 saturated carbocycles. The second-order valence-corrected chi connectivity index (χ2v) is 7.48. The number of carbonyl (C=O) groups excluding carboxylic acids is 1. The van der Waals surface area contributed by atoms with Crippen molar-refractivity contribution in [1.29, 1.82) is 0 Å². The summed E-state index contributed by atoms with van der Waals surface area (Å²) in [6.45, 7) is 8.20. The van der Waals surface area contributed by atoms with Crippen LogP contribution in [0.5, 0.6) is 5.88 Å². The lowest BCUT2D eigenvalue weighted by Gasteiger charge is -2.37. The van der Waals surface area contributed by atoms with E-state index < -0.39 is 0 Å². The Morgan fingerprint density at radius 3 is 2.62 bits per heavy atom. The molecule has 1 aromatic heterocycles. The first-order chi connectivity index (χ1) is 12.5. The van der Waals surface area contributed by atoms with Gasteiger partial charge in [-0.05, 0) is 25.8 Å². The van der Waals surface area contributed by atoms with E-state index in [4.69, 9.17) is 9.47 Å². The fourth-order valence-electron chi connectivity index (χ4n) is 4.12. The topological polar surface area (TPSA) is 75.1 Å². The highest BCUT2D eigenvalue weighted by atomic mass is 16.5. The van der Waals surface area contributed by atoms with E-state index in [1.807, 2.05) is 4.90 Å². The molecule has 0 radical (unpaired) electrons. The molecule has 7 nitrogen and oxygen atoms in total. The zero-order valence-electron chi connectivity index (χ0n) is 15.8. The van der Waals surface area contributed by atoms with Gasteiger partial charge in [0.05, 0.1) is 19.3 Å². The van der Waals surface area contributed by atoms with Crippen molar-refractivity contribution in [3.63, 3.8) is 0 Å². The van der Waals surface area contributed by atoms with Gasteiger partial charge in [-0.25, -0.2) is 4.98 Å². The number of aromatic nitrogens is 1. The molecule has 7 heteroatoms. The summed E-state index contributed by atoms with van der Waals surface area (Å²) in [5, 5.41) is 9.81. The largest absolute Gasteiger partial charge is 0.481 e. The third kappa shape index (κ3) is 4.34. The highest BCUT2D eigenvalue weighted by Gasteiger charge is 2.37. The number of hydrogen-bond acceptors (Lipinski definition) is 6. The first-order valence-electron chi connectivity index (χ1n) is 9.28. The van der Waals surface area contributed by atoms with Gasteiger partial charge < -0.3 is 19.5 Å². The first kappa shape index (κ1) is 19.1. The number of hydrogen-bond donors (Lipinski definition) is 1. The lowest BCUT2D eigenvalue weighted by molar-refractivity contribution is -0.0726. The van der Waals surface area contributed by atoms with Crippen molar-refractivity contribution in [1.82, 2.24) is 14.8 Å². The van der Waals surface area contributed by atoms with Crippen LogP contribution in [0.15, 0.2) is 18.3 Å². The van der Waals surface area contributed by atoms with Crippen molar-refractivity contribution >= 4 is 5.91 Å². The van der Waals surface area contributed by atoms with Crippen LogP contribution in [-0.4, -0.2) is 84.4 Å². The number of carbonyl (C=O) groups is 1. The fraction of sp³-hybridized carbons (Fsp3) is 0.684. The third-order valence-corrected chi connectivity index (χ3v) is 5.28. The second-order valence-electron chi connectivity index (χ2n) is 7.48. The van der Waals surface area contributed by atoms with E-state index >= 15 is 0 Å². The van der Waals surface area contributed by atoms with Crippen molar-refractivity contribution in [2.75, 3.05) is 46.4 Å². The third-order valence-electron chi connectivity index (χ3n) is 5.28. The number of amides is 1. The van der Waals surface area contributed by atoms with Gasteiger partial charge in [0.2, 0.25) is 5.88 Å². The van der Waals surface area contributed by atoms with E-state index in [2.05, 4.69) is 23.7 Å². The molecule has 0 spiro atoms. The summed E-state index contributed by atoms with van der Waals surface area (Å²) in [5.74, 6) is 0.776. The van der Waals surface area contributed by atoms with Crippen LogP contribution in [0.4, 0.5) is 0 Å². The van der Waals surface area contributed by atoms with Crippen molar-refractivity contribution in [2.45, 2.75) is 26.1 Å². The number of rotatable bonds is 5. The number of methoxy groups -OCH3 is 1. The van der Waals surface area contributed by atoms with Gasteiger partial charge in [-0.1, -0.05) is 0 Å². The smallest absolute Gasteiger partial charge is 0.254 e. The van der Waals surface area contributed by atoms with Crippen molar-refractivity contribution in [3.8, 4) is 5.88 Å². The lowest BCUT2D eigenvalue weighted by Crippen LogP contribution is -2.48. The number of likely N-dealkylation sites (tertiary alicyclic amines) is 1. The maximum atomic E-state index is 12.8. The monoisotopic (exact) mass is 363 g/mol. The van der Waals surface area contributed by atoms with Crippen LogP contribution in [0.2, 0.25) is 0 Å². The number of morpholine rings is 1. The molecule has 1 N–H and O–H groups in total. The second kappa shape index (κ2) is 8.33. The van der Waals surface area contributed by atoms with E-state index in [1.165, 1.54) is 7.11 Å². The van der Waals surface area contributed by atoms with Gasteiger partial charge in [-0.2, -0.15) is 0 Å². The molecule has 2 aliphatic rings. The average molecular weight is 363 g/mol. The Labute approximate surface area is 154 Å². The number of nitrogens with zero attached hydrogens (tertiary/aromatic N) is 3. The number of ether oxygens (including phenoxy) is 2. The summed E-state index contributed by atoms with van der Waals surface area (Å²) < 4.78 is 10.9. The zero-order chi connectivity index (χ0) is 18.7. The summed E-state index contributed by atoms with van der Waals surface area (Å²) in [5.41, 5.74) is 0.572. The molecule has 2 saturated heterocycles. The summed E-state index contributed by atoms with van der Waals surface area (Å²) in [7, 11) is 1.54.